The summed E-state index contributed by atoms with van der Waals surface area (Å²) in [6.07, 6.45) is -5.27. The first-order valence-corrected chi connectivity index (χ1v) is 4.62. The fraction of sp³-hybridized carbons (Fsp3) is 0.200. The second-order valence-corrected chi connectivity index (χ2v) is 3.15. The van der Waals surface area contributed by atoms with E-state index in [-0.39, 0.29) is 5.69 Å². The number of Topliss-reactive ketones (excluding diaryl/α,β-unsaturated/α-hetero) is 1. The predicted octanol–water partition coefficient (Wildman–Crippen LogP) is 2.35. The number of carbonyl (C=O) groups excluding carboxylic acids is 1. The number of nitrogens with zero attached hydrogens (tertiary/aromatic N) is 2. The van der Waals surface area contributed by atoms with Crippen LogP contribution in [0, 0.1) is 0 Å². The summed E-state index contributed by atoms with van der Waals surface area (Å²) in [7, 11) is 0. The van der Waals surface area contributed by atoms with E-state index in [0.29, 0.717) is 0 Å². The van der Waals surface area contributed by atoms with Gasteiger partial charge in [0.2, 0.25) is 6.04 Å². The number of alkyl halides is 3. The van der Waals surface area contributed by atoms with Crippen LogP contribution in [0.4, 0.5) is 18.9 Å². The van der Waals surface area contributed by atoms with Gasteiger partial charge in [0.25, 0.3) is 5.78 Å². The number of halogens is 3. The summed E-state index contributed by atoms with van der Waals surface area (Å²) < 4.78 is 36.2. The van der Waals surface area contributed by atoms with Crippen LogP contribution < -0.4 is 0 Å². The van der Waals surface area contributed by atoms with Crippen molar-refractivity contribution in [3.63, 3.8) is 0 Å². The molecule has 0 saturated heterocycles. The van der Waals surface area contributed by atoms with Crippen LogP contribution in [0.1, 0.15) is 0 Å². The van der Waals surface area contributed by atoms with Crippen molar-refractivity contribution >= 4 is 17.4 Å². The Morgan fingerprint density at radius 2 is 1.72 bits per heavy atom. The van der Waals surface area contributed by atoms with Crippen LogP contribution in [-0.4, -0.2) is 29.1 Å². The fourth-order valence-electron chi connectivity index (χ4n) is 0.988. The summed E-state index contributed by atoms with van der Waals surface area (Å²) in [5.41, 5.74) is 0.152. The zero-order chi connectivity index (χ0) is 13.8. The van der Waals surface area contributed by atoms with E-state index < -0.39 is 24.0 Å². The van der Waals surface area contributed by atoms with Crippen molar-refractivity contribution in [2.24, 2.45) is 10.2 Å². The minimum absolute atomic E-state index is 0.152. The van der Waals surface area contributed by atoms with Crippen molar-refractivity contribution in [3.05, 3.63) is 30.3 Å². The summed E-state index contributed by atoms with van der Waals surface area (Å²) >= 11 is 0. The second kappa shape index (κ2) is 5.39. The average molecular weight is 260 g/mol. The van der Waals surface area contributed by atoms with Crippen molar-refractivity contribution < 1.29 is 27.9 Å². The maximum absolute atomic E-state index is 12.1. The molecule has 8 heteroatoms. The van der Waals surface area contributed by atoms with Crippen molar-refractivity contribution in [1.82, 2.24) is 0 Å². The molecule has 0 fully saturated rings. The number of benzene rings is 1. The molecule has 18 heavy (non-hydrogen) atoms. The maximum Gasteiger partial charge on any atom is 0.453 e. The first-order valence-electron chi connectivity index (χ1n) is 4.62. The van der Waals surface area contributed by atoms with Gasteiger partial charge in [-0.2, -0.15) is 23.4 Å². The average Bonchev–Trinajstić information content (AvgIpc) is 2.28. The monoisotopic (exact) mass is 260 g/mol. The van der Waals surface area contributed by atoms with Crippen LogP contribution >= 0.6 is 0 Å². The Kier molecular flexibility index (Phi) is 4.13. The van der Waals surface area contributed by atoms with Gasteiger partial charge in [-0.1, -0.05) is 18.2 Å². The van der Waals surface area contributed by atoms with Gasteiger partial charge in [-0.3, -0.25) is 4.79 Å². The zero-order valence-corrected chi connectivity index (χ0v) is 8.76. The van der Waals surface area contributed by atoms with Crippen LogP contribution in [0.3, 0.4) is 0 Å². The quantitative estimate of drug-likeness (QED) is 0.666. The van der Waals surface area contributed by atoms with Crippen molar-refractivity contribution in [2.45, 2.75) is 12.2 Å². The molecule has 1 unspecified atom stereocenters. The number of aliphatic carboxylic acids is 1. The van der Waals surface area contributed by atoms with E-state index in [1.54, 1.807) is 6.07 Å². The van der Waals surface area contributed by atoms with E-state index >= 15 is 0 Å². The Morgan fingerprint density at radius 1 is 1.17 bits per heavy atom. The molecule has 0 aliphatic heterocycles. The SMILES string of the molecule is O=C(O)C(N=Nc1ccccc1)C(=O)C(F)(F)F. The van der Waals surface area contributed by atoms with Crippen LogP contribution in [-0.2, 0) is 9.59 Å². The van der Waals surface area contributed by atoms with Gasteiger partial charge in [0.05, 0.1) is 5.69 Å². The molecule has 0 heterocycles. The van der Waals surface area contributed by atoms with Crippen LogP contribution in [0.5, 0.6) is 0 Å². The molecule has 0 bridgehead atoms. The van der Waals surface area contributed by atoms with Gasteiger partial charge < -0.3 is 5.11 Å². The molecule has 96 valence electrons. The van der Waals surface area contributed by atoms with Gasteiger partial charge in [0, 0.05) is 0 Å². The first kappa shape index (κ1) is 13.8. The van der Waals surface area contributed by atoms with E-state index in [2.05, 4.69) is 10.2 Å². The topological polar surface area (TPSA) is 79.1 Å². The number of ketones is 1. The lowest BCUT2D eigenvalue weighted by molar-refractivity contribution is -0.175. The largest absolute Gasteiger partial charge is 0.479 e. The number of carboxylic acid groups (broad SMARTS) is 1. The zero-order valence-electron chi connectivity index (χ0n) is 8.76. The van der Waals surface area contributed by atoms with Gasteiger partial charge in [0.1, 0.15) is 0 Å². The van der Waals surface area contributed by atoms with Crippen molar-refractivity contribution in [1.29, 1.82) is 0 Å². The molecule has 5 nitrogen and oxygen atoms in total. The molecule has 1 rings (SSSR count). The van der Waals surface area contributed by atoms with E-state index in [4.69, 9.17) is 5.11 Å². The molecule has 1 aromatic rings. The molecule has 0 amide bonds. The standard InChI is InChI=1S/C10H7F3N2O3/c11-10(12,13)8(16)7(9(17)18)15-14-6-4-2-1-3-5-6/h1-5,7H,(H,17,18). The normalized spacial score (nSPS) is 13.5. The molecule has 1 aromatic carbocycles. The molecule has 1 atom stereocenters. The molecule has 0 spiro atoms. The number of carbonyl (C=O) groups is 2. The minimum atomic E-state index is -5.27. The number of azo groups is 1. The highest BCUT2D eigenvalue weighted by atomic mass is 19.4. The molecular formula is C10H7F3N2O3. The predicted molar refractivity (Wildman–Crippen MR) is 53.4 cm³/mol. The van der Waals surface area contributed by atoms with Gasteiger partial charge in [-0.25, -0.2) is 4.79 Å². The third-order valence-electron chi connectivity index (χ3n) is 1.81. The Bertz CT molecular complexity index is 471. The molecule has 0 aliphatic rings. The fourth-order valence-corrected chi connectivity index (χ4v) is 0.988. The molecule has 0 radical (unpaired) electrons. The van der Waals surface area contributed by atoms with Crippen LogP contribution in [0.15, 0.2) is 40.6 Å². The number of carboxylic acids is 1. The highest BCUT2D eigenvalue weighted by Gasteiger charge is 2.47. The lowest BCUT2D eigenvalue weighted by Gasteiger charge is -2.07. The van der Waals surface area contributed by atoms with E-state index in [0.717, 1.165) is 0 Å². The summed E-state index contributed by atoms with van der Waals surface area (Å²) in [5.74, 6) is -4.47. The number of hydrogen-bond donors (Lipinski definition) is 1. The molecular weight excluding hydrogens is 253 g/mol. The highest BCUT2D eigenvalue weighted by Crippen LogP contribution is 2.21. The Morgan fingerprint density at radius 3 is 2.17 bits per heavy atom. The minimum Gasteiger partial charge on any atom is -0.479 e. The third kappa shape index (κ3) is 3.65. The van der Waals surface area contributed by atoms with E-state index in [1.807, 2.05) is 0 Å². The van der Waals surface area contributed by atoms with Gasteiger partial charge >= 0.3 is 12.1 Å². The summed E-state index contributed by atoms with van der Waals surface area (Å²) in [5, 5.41) is 14.7. The molecule has 0 aromatic heterocycles. The summed E-state index contributed by atoms with van der Waals surface area (Å²) in [6, 6.07) is 4.94. The second-order valence-electron chi connectivity index (χ2n) is 3.15. The summed E-state index contributed by atoms with van der Waals surface area (Å²) in [4.78, 5) is 21.3. The number of hydrogen-bond acceptors (Lipinski definition) is 4. The van der Waals surface area contributed by atoms with Crippen LogP contribution in [0.2, 0.25) is 0 Å². The van der Waals surface area contributed by atoms with Crippen molar-refractivity contribution in [3.8, 4) is 0 Å². The molecule has 0 saturated carbocycles. The Balaban J connectivity index is 2.92. The Hall–Kier alpha value is -2.25. The maximum atomic E-state index is 12.1. The van der Waals surface area contributed by atoms with Crippen LogP contribution in [0.25, 0.3) is 0 Å². The molecule has 0 aliphatic carbocycles. The van der Waals surface area contributed by atoms with Gasteiger partial charge in [-0.05, 0) is 12.1 Å². The first-order chi connectivity index (χ1) is 8.32. The third-order valence-corrected chi connectivity index (χ3v) is 1.81. The smallest absolute Gasteiger partial charge is 0.453 e. The van der Waals surface area contributed by atoms with E-state index in [9.17, 15) is 22.8 Å². The van der Waals surface area contributed by atoms with Gasteiger partial charge in [0.15, 0.2) is 0 Å². The van der Waals surface area contributed by atoms with E-state index in [1.165, 1.54) is 24.3 Å². The van der Waals surface area contributed by atoms with Crippen molar-refractivity contribution in [2.75, 3.05) is 0 Å². The lowest BCUT2D eigenvalue weighted by atomic mass is 10.2. The number of rotatable bonds is 4. The molecule has 1 N–H and O–H groups in total. The summed E-state index contributed by atoms with van der Waals surface area (Å²) in [6.45, 7) is 0. The Labute approximate surface area is 99.0 Å². The van der Waals surface area contributed by atoms with Gasteiger partial charge in [-0.15, -0.1) is 0 Å². The lowest BCUT2D eigenvalue weighted by Crippen LogP contribution is -2.38. The highest BCUT2D eigenvalue weighted by molar-refractivity contribution is 6.05.